The number of hydrogen-bond donors (Lipinski definition) is 2. The number of pyridine rings is 1. The second-order valence-corrected chi connectivity index (χ2v) is 4.58. The summed E-state index contributed by atoms with van der Waals surface area (Å²) < 4.78 is 0. The molecule has 2 N–H and O–H groups in total. The van der Waals surface area contributed by atoms with Crippen molar-refractivity contribution in [3.05, 3.63) is 29.6 Å². The quantitative estimate of drug-likeness (QED) is 0.763. The zero-order valence-electron chi connectivity index (χ0n) is 11.1. The first-order chi connectivity index (χ1) is 8.17. The van der Waals surface area contributed by atoms with Gasteiger partial charge in [-0.2, -0.15) is 0 Å². The van der Waals surface area contributed by atoms with E-state index in [0.717, 1.165) is 30.6 Å². The molecule has 0 saturated carbocycles. The van der Waals surface area contributed by atoms with Gasteiger partial charge < -0.3 is 10.4 Å². The van der Waals surface area contributed by atoms with E-state index in [1.54, 1.807) is 0 Å². The van der Waals surface area contributed by atoms with Crippen LogP contribution in [0.1, 0.15) is 37.9 Å². The van der Waals surface area contributed by atoms with Gasteiger partial charge in [-0.1, -0.05) is 32.8 Å². The van der Waals surface area contributed by atoms with Gasteiger partial charge in [0, 0.05) is 25.0 Å². The van der Waals surface area contributed by atoms with E-state index in [1.807, 2.05) is 19.2 Å². The van der Waals surface area contributed by atoms with Crippen molar-refractivity contribution in [3.63, 3.8) is 0 Å². The number of aliphatic hydroxyl groups excluding tert-OH is 1. The highest BCUT2D eigenvalue weighted by Crippen LogP contribution is 2.12. The first kappa shape index (κ1) is 14.1. The predicted molar refractivity (Wildman–Crippen MR) is 70.8 cm³/mol. The number of nitrogens with one attached hydrogen (secondary N) is 1. The van der Waals surface area contributed by atoms with Crippen LogP contribution in [0.3, 0.4) is 0 Å². The van der Waals surface area contributed by atoms with Crippen molar-refractivity contribution in [2.24, 2.45) is 5.92 Å². The maximum Gasteiger partial charge on any atom is 0.0692 e. The minimum atomic E-state index is -0.247. The van der Waals surface area contributed by atoms with E-state index in [2.05, 4.69) is 30.2 Å². The summed E-state index contributed by atoms with van der Waals surface area (Å²) in [6, 6.07) is 4.08. The first-order valence-electron chi connectivity index (χ1n) is 6.47. The smallest absolute Gasteiger partial charge is 0.0692 e. The summed E-state index contributed by atoms with van der Waals surface area (Å²) in [6.07, 6.45) is 3.70. The van der Waals surface area contributed by atoms with Gasteiger partial charge in [-0.15, -0.1) is 0 Å². The SMILES string of the molecule is CCC(CC)C(O)CNCc1ccc(C)nc1. The van der Waals surface area contributed by atoms with Gasteiger partial charge in [-0.25, -0.2) is 0 Å². The van der Waals surface area contributed by atoms with Gasteiger partial charge in [0.1, 0.15) is 0 Å². The molecule has 0 spiro atoms. The molecule has 0 aliphatic heterocycles. The number of aromatic nitrogens is 1. The van der Waals surface area contributed by atoms with Crippen molar-refractivity contribution in [2.45, 2.75) is 46.3 Å². The Morgan fingerprint density at radius 1 is 1.29 bits per heavy atom. The van der Waals surface area contributed by atoms with Gasteiger partial charge >= 0.3 is 0 Å². The fraction of sp³-hybridized carbons (Fsp3) is 0.643. The van der Waals surface area contributed by atoms with Crippen molar-refractivity contribution >= 4 is 0 Å². The van der Waals surface area contributed by atoms with Crippen LogP contribution in [-0.4, -0.2) is 22.7 Å². The van der Waals surface area contributed by atoms with Gasteiger partial charge in [-0.3, -0.25) is 4.98 Å². The van der Waals surface area contributed by atoms with E-state index in [1.165, 1.54) is 0 Å². The normalized spacial score (nSPS) is 13.0. The van der Waals surface area contributed by atoms with E-state index in [0.29, 0.717) is 12.5 Å². The Morgan fingerprint density at radius 3 is 2.53 bits per heavy atom. The highest BCUT2D eigenvalue weighted by molar-refractivity contribution is 5.12. The molecular weight excluding hydrogens is 212 g/mol. The number of hydrogen-bond acceptors (Lipinski definition) is 3. The Morgan fingerprint density at radius 2 is 2.00 bits per heavy atom. The van der Waals surface area contributed by atoms with Crippen LogP contribution in [0, 0.1) is 12.8 Å². The Balaban J connectivity index is 2.30. The second kappa shape index (κ2) is 7.41. The Labute approximate surface area is 104 Å². The van der Waals surface area contributed by atoms with E-state index in [9.17, 15) is 5.11 Å². The Bertz CT molecular complexity index is 307. The van der Waals surface area contributed by atoms with Crippen LogP contribution in [-0.2, 0) is 6.54 Å². The molecule has 0 saturated heterocycles. The van der Waals surface area contributed by atoms with E-state index < -0.39 is 0 Å². The third-order valence-corrected chi connectivity index (χ3v) is 3.25. The van der Waals surface area contributed by atoms with Crippen molar-refractivity contribution in [2.75, 3.05) is 6.54 Å². The van der Waals surface area contributed by atoms with Gasteiger partial charge in [0.05, 0.1) is 6.10 Å². The number of rotatable bonds is 7. The summed E-state index contributed by atoms with van der Waals surface area (Å²) in [7, 11) is 0. The van der Waals surface area contributed by atoms with Crippen LogP contribution in [0.5, 0.6) is 0 Å². The third kappa shape index (κ3) is 4.84. The lowest BCUT2D eigenvalue weighted by molar-refractivity contribution is 0.101. The predicted octanol–water partition coefficient (Wildman–Crippen LogP) is 2.28. The Hall–Kier alpha value is -0.930. The minimum absolute atomic E-state index is 0.247. The average Bonchev–Trinajstić information content (AvgIpc) is 2.33. The molecule has 0 fully saturated rings. The van der Waals surface area contributed by atoms with E-state index >= 15 is 0 Å². The largest absolute Gasteiger partial charge is 0.392 e. The molecule has 96 valence electrons. The van der Waals surface area contributed by atoms with Crippen LogP contribution in [0.15, 0.2) is 18.3 Å². The molecule has 17 heavy (non-hydrogen) atoms. The molecule has 3 nitrogen and oxygen atoms in total. The van der Waals surface area contributed by atoms with Crippen LogP contribution in [0.25, 0.3) is 0 Å². The molecule has 1 aromatic heterocycles. The average molecular weight is 236 g/mol. The maximum absolute atomic E-state index is 9.95. The number of aliphatic hydroxyl groups is 1. The van der Waals surface area contributed by atoms with E-state index in [4.69, 9.17) is 0 Å². The van der Waals surface area contributed by atoms with Crippen molar-refractivity contribution in [1.29, 1.82) is 0 Å². The summed E-state index contributed by atoms with van der Waals surface area (Å²) >= 11 is 0. The maximum atomic E-state index is 9.95. The van der Waals surface area contributed by atoms with Crippen molar-refractivity contribution < 1.29 is 5.11 Å². The third-order valence-electron chi connectivity index (χ3n) is 3.25. The fourth-order valence-electron chi connectivity index (χ4n) is 1.97. The summed E-state index contributed by atoms with van der Waals surface area (Å²) in [5, 5.41) is 13.2. The lowest BCUT2D eigenvalue weighted by Crippen LogP contribution is -2.32. The summed E-state index contributed by atoms with van der Waals surface area (Å²) in [5.41, 5.74) is 2.19. The summed E-state index contributed by atoms with van der Waals surface area (Å²) in [5.74, 6) is 0.402. The van der Waals surface area contributed by atoms with Crippen LogP contribution in [0.2, 0.25) is 0 Å². The standard InChI is InChI=1S/C14H24N2O/c1-4-13(5-2)14(17)10-15-8-12-7-6-11(3)16-9-12/h6-7,9,13-15,17H,4-5,8,10H2,1-3H3. The van der Waals surface area contributed by atoms with Crippen molar-refractivity contribution in [1.82, 2.24) is 10.3 Å². The van der Waals surface area contributed by atoms with Gasteiger partial charge in [0.15, 0.2) is 0 Å². The Kier molecular flexibility index (Phi) is 6.16. The number of aryl methyl sites for hydroxylation is 1. The zero-order valence-corrected chi connectivity index (χ0v) is 11.1. The first-order valence-corrected chi connectivity index (χ1v) is 6.47. The monoisotopic (exact) mass is 236 g/mol. The number of nitrogens with zero attached hydrogens (tertiary/aromatic N) is 1. The molecule has 1 rings (SSSR count). The highest BCUT2D eigenvalue weighted by Gasteiger charge is 2.14. The highest BCUT2D eigenvalue weighted by atomic mass is 16.3. The summed E-state index contributed by atoms with van der Waals surface area (Å²) in [4.78, 5) is 4.24. The molecule has 1 aromatic rings. The summed E-state index contributed by atoms with van der Waals surface area (Å²) in [6.45, 7) is 7.65. The van der Waals surface area contributed by atoms with E-state index in [-0.39, 0.29) is 6.10 Å². The lowest BCUT2D eigenvalue weighted by Gasteiger charge is -2.20. The fourth-order valence-corrected chi connectivity index (χ4v) is 1.97. The zero-order chi connectivity index (χ0) is 12.7. The molecule has 0 aliphatic carbocycles. The van der Waals surface area contributed by atoms with Gasteiger partial charge in [0.2, 0.25) is 0 Å². The molecule has 1 heterocycles. The molecule has 0 amide bonds. The van der Waals surface area contributed by atoms with Gasteiger partial charge in [-0.05, 0) is 24.5 Å². The van der Waals surface area contributed by atoms with Gasteiger partial charge in [0.25, 0.3) is 0 Å². The van der Waals surface area contributed by atoms with Crippen molar-refractivity contribution in [3.8, 4) is 0 Å². The molecule has 3 heteroatoms. The molecule has 0 aromatic carbocycles. The second-order valence-electron chi connectivity index (χ2n) is 4.58. The molecular formula is C14H24N2O. The van der Waals surface area contributed by atoms with Crippen LogP contribution in [0.4, 0.5) is 0 Å². The minimum Gasteiger partial charge on any atom is -0.392 e. The molecule has 1 atom stereocenters. The molecule has 0 aliphatic rings. The molecule has 0 radical (unpaired) electrons. The molecule has 0 bridgehead atoms. The topological polar surface area (TPSA) is 45.1 Å². The molecule has 1 unspecified atom stereocenters. The van der Waals surface area contributed by atoms with Crippen LogP contribution < -0.4 is 5.32 Å². The van der Waals surface area contributed by atoms with Crippen LogP contribution >= 0.6 is 0 Å². The lowest BCUT2D eigenvalue weighted by atomic mass is 9.96.